The molecule has 29 heavy (non-hydrogen) atoms. The average Bonchev–Trinajstić information content (AvgIpc) is 3.28. The van der Waals surface area contributed by atoms with Crippen LogP contribution in [0, 0.1) is 6.92 Å². The van der Waals surface area contributed by atoms with Gasteiger partial charge in [0.15, 0.2) is 22.2 Å². The molecule has 1 atom stereocenters. The van der Waals surface area contributed by atoms with E-state index in [1.807, 2.05) is 35.9 Å². The number of hydrogen-bond donors (Lipinski definition) is 1. The van der Waals surface area contributed by atoms with E-state index < -0.39 is 0 Å². The van der Waals surface area contributed by atoms with Gasteiger partial charge in [0.2, 0.25) is 5.91 Å². The third-order valence-electron chi connectivity index (χ3n) is 3.76. The fraction of sp³-hybridized carbons (Fsp3) is 0.263. The van der Waals surface area contributed by atoms with Crippen LogP contribution in [0.25, 0.3) is 0 Å². The lowest BCUT2D eigenvalue weighted by molar-refractivity contribution is -0.113. The number of aromatic nitrogens is 4. The van der Waals surface area contributed by atoms with Crippen molar-refractivity contribution in [2.75, 3.05) is 11.1 Å². The number of anilines is 1. The molecule has 7 nitrogen and oxygen atoms in total. The minimum Gasteiger partial charge on any atom is -0.481 e. The monoisotopic (exact) mass is 449 g/mol. The molecule has 0 aliphatic heterocycles. The maximum absolute atomic E-state index is 12.2. The molecule has 0 radical (unpaired) electrons. The molecule has 2 aromatic heterocycles. The number of nitrogens with zero attached hydrogens (tertiary/aromatic N) is 4. The standard InChI is InChI=1S/C19H20ClN5O2S2/c1-4-9-25-17(13(3)27-15-8-6-5-7-14(15)20)23-24-19(25)29-11-16(26)22-18-21-12(2)10-28-18/h4-8,10,13H,1,9,11H2,2-3H3,(H,21,22,26). The number of allylic oxidation sites excluding steroid dienone is 1. The summed E-state index contributed by atoms with van der Waals surface area (Å²) in [4.78, 5) is 16.4. The zero-order valence-electron chi connectivity index (χ0n) is 16.0. The number of ether oxygens (including phenoxy) is 1. The fourth-order valence-corrected chi connectivity index (χ4v) is 4.13. The van der Waals surface area contributed by atoms with E-state index in [2.05, 4.69) is 27.1 Å². The molecule has 0 aliphatic carbocycles. The molecule has 1 aromatic carbocycles. The summed E-state index contributed by atoms with van der Waals surface area (Å²) in [6.45, 7) is 8.04. The molecule has 0 spiro atoms. The Kier molecular flexibility index (Phi) is 7.29. The number of para-hydroxylation sites is 1. The molecule has 0 saturated carbocycles. The van der Waals surface area contributed by atoms with Gasteiger partial charge in [-0.3, -0.25) is 9.36 Å². The molecule has 1 N–H and O–H groups in total. The molecule has 0 fully saturated rings. The van der Waals surface area contributed by atoms with Gasteiger partial charge >= 0.3 is 0 Å². The van der Waals surface area contributed by atoms with E-state index in [0.29, 0.717) is 33.4 Å². The fourth-order valence-electron chi connectivity index (χ4n) is 2.49. The Morgan fingerprint density at radius 1 is 1.45 bits per heavy atom. The first-order chi connectivity index (χ1) is 14.0. The van der Waals surface area contributed by atoms with Gasteiger partial charge in [-0.15, -0.1) is 28.1 Å². The summed E-state index contributed by atoms with van der Waals surface area (Å²) in [5, 5.41) is 14.9. The molecule has 2 heterocycles. The van der Waals surface area contributed by atoms with Gasteiger partial charge in [0, 0.05) is 11.9 Å². The van der Waals surface area contributed by atoms with E-state index in [9.17, 15) is 4.79 Å². The van der Waals surface area contributed by atoms with Crippen molar-refractivity contribution in [1.29, 1.82) is 0 Å². The molecule has 1 amide bonds. The van der Waals surface area contributed by atoms with Crippen LogP contribution >= 0.6 is 34.7 Å². The van der Waals surface area contributed by atoms with Crippen molar-refractivity contribution in [3.05, 3.63) is 58.8 Å². The van der Waals surface area contributed by atoms with Crippen LogP contribution in [0.3, 0.4) is 0 Å². The summed E-state index contributed by atoms with van der Waals surface area (Å²) >= 11 is 8.87. The number of aryl methyl sites for hydroxylation is 1. The van der Waals surface area contributed by atoms with Crippen molar-refractivity contribution < 1.29 is 9.53 Å². The van der Waals surface area contributed by atoms with Gasteiger partial charge in [-0.25, -0.2) is 4.98 Å². The lowest BCUT2D eigenvalue weighted by Gasteiger charge is -2.16. The Morgan fingerprint density at radius 3 is 2.93 bits per heavy atom. The van der Waals surface area contributed by atoms with Crippen LogP contribution in [0.1, 0.15) is 24.5 Å². The lowest BCUT2D eigenvalue weighted by atomic mass is 10.3. The molecule has 10 heteroatoms. The highest BCUT2D eigenvalue weighted by Crippen LogP contribution is 2.29. The van der Waals surface area contributed by atoms with Crippen molar-refractivity contribution in [3.8, 4) is 5.75 Å². The molecule has 3 aromatic rings. The maximum atomic E-state index is 12.2. The quantitative estimate of drug-likeness (QED) is 0.375. The smallest absolute Gasteiger partial charge is 0.236 e. The molecular formula is C19H20ClN5O2S2. The van der Waals surface area contributed by atoms with Gasteiger partial charge < -0.3 is 10.1 Å². The van der Waals surface area contributed by atoms with E-state index >= 15 is 0 Å². The van der Waals surface area contributed by atoms with Crippen LogP contribution in [0.2, 0.25) is 5.02 Å². The van der Waals surface area contributed by atoms with Crippen LogP contribution in [0.5, 0.6) is 5.75 Å². The van der Waals surface area contributed by atoms with E-state index in [1.165, 1.54) is 23.1 Å². The van der Waals surface area contributed by atoms with Crippen LogP contribution in [-0.4, -0.2) is 31.4 Å². The average molecular weight is 450 g/mol. The largest absolute Gasteiger partial charge is 0.481 e. The Bertz CT molecular complexity index is 1000. The van der Waals surface area contributed by atoms with Crippen molar-refractivity contribution in [1.82, 2.24) is 19.7 Å². The number of thiazole rings is 1. The SMILES string of the molecule is C=CCn1c(SCC(=O)Nc2nc(C)cs2)nnc1C(C)Oc1ccccc1Cl. The second kappa shape index (κ2) is 9.91. The van der Waals surface area contributed by atoms with Gasteiger partial charge in [-0.2, -0.15) is 0 Å². The van der Waals surface area contributed by atoms with Gasteiger partial charge in [-0.1, -0.05) is 41.6 Å². The van der Waals surface area contributed by atoms with Gasteiger partial charge in [0.05, 0.1) is 16.5 Å². The Hall–Kier alpha value is -2.36. The molecule has 0 bridgehead atoms. The van der Waals surface area contributed by atoms with E-state index in [4.69, 9.17) is 16.3 Å². The van der Waals surface area contributed by atoms with Gasteiger partial charge in [0.1, 0.15) is 5.75 Å². The highest BCUT2D eigenvalue weighted by molar-refractivity contribution is 7.99. The normalized spacial score (nSPS) is 11.8. The van der Waals surface area contributed by atoms with E-state index in [0.717, 1.165) is 5.69 Å². The number of carbonyl (C=O) groups is 1. The van der Waals surface area contributed by atoms with Crippen molar-refractivity contribution in [2.24, 2.45) is 0 Å². The minimum atomic E-state index is -0.385. The zero-order chi connectivity index (χ0) is 20.8. The predicted molar refractivity (Wildman–Crippen MR) is 117 cm³/mol. The number of rotatable bonds is 9. The minimum absolute atomic E-state index is 0.153. The molecular weight excluding hydrogens is 430 g/mol. The predicted octanol–water partition coefficient (Wildman–Crippen LogP) is 4.75. The Labute approximate surface area is 182 Å². The number of thioether (sulfide) groups is 1. The summed E-state index contributed by atoms with van der Waals surface area (Å²) in [6, 6.07) is 7.26. The molecule has 0 saturated heterocycles. The second-order valence-electron chi connectivity index (χ2n) is 6.06. The highest BCUT2D eigenvalue weighted by Gasteiger charge is 2.20. The number of halogens is 1. The van der Waals surface area contributed by atoms with Crippen molar-refractivity contribution >= 4 is 45.7 Å². The Morgan fingerprint density at radius 2 is 2.24 bits per heavy atom. The molecule has 152 valence electrons. The number of hydrogen-bond acceptors (Lipinski definition) is 7. The molecule has 1 unspecified atom stereocenters. The van der Waals surface area contributed by atoms with Crippen LogP contribution < -0.4 is 10.1 Å². The van der Waals surface area contributed by atoms with E-state index in [-0.39, 0.29) is 17.8 Å². The van der Waals surface area contributed by atoms with Crippen molar-refractivity contribution in [3.63, 3.8) is 0 Å². The molecule has 3 rings (SSSR count). The Balaban J connectivity index is 1.68. The van der Waals surface area contributed by atoms with Gasteiger partial charge in [0.25, 0.3) is 0 Å². The number of amides is 1. The zero-order valence-corrected chi connectivity index (χ0v) is 18.4. The molecule has 0 aliphatic rings. The number of carbonyl (C=O) groups excluding carboxylic acids is 1. The summed E-state index contributed by atoms with van der Waals surface area (Å²) < 4.78 is 7.83. The summed E-state index contributed by atoms with van der Waals surface area (Å²) in [7, 11) is 0. The van der Waals surface area contributed by atoms with E-state index in [1.54, 1.807) is 18.2 Å². The maximum Gasteiger partial charge on any atom is 0.236 e. The first-order valence-corrected chi connectivity index (χ1v) is 11.0. The lowest BCUT2D eigenvalue weighted by Crippen LogP contribution is -2.15. The third kappa shape index (κ3) is 5.59. The second-order valence-corrected chi connectivity index (χ2v) is 8.27. The summed E-state index contributed by atoms with van der Waals surface area (Å²) in [6.07, 6.45) is 1.36. The van der Waals surface area contributed by atoms with Crippen LogP contribution in [-0.2, 0) is 11.3 Å². The first-order valence-electron chi connectivity index (χ1n) is 8.78. The summed E-state index contributed by atoms with van der Waals surface area (Å²) in [5.41, 5.74) is 0.876. The third-order valence-corrected chi connectivity index (χ3v) is 5.91. The first kappa shape index (κ1) is 21.4. The highest BCUT2D eigenvalue weighted by atomic mass is 35.5. The topological polar surface area (TPSA) is 81.9 Å². The summed E-state index contributed by atoms with van der Waals surface area (Å²) in [5.74, 6) is 1.23. The van der Waals surface area contributed by atoms with Crippen LogP contribution in [0.15, 0.2) is 47.5 Å². The van der Waals surface area contributed by atoms with Crippen LogP contribution in [0.4, 0.5) is 5.13 Å². The van der Waals surface area contributed by atoms with Gasteiger partial charge in [-0.05, 0) is 26.0 Å². The number of nitrogens with one attached hydrogen (secondary N) is 1. The number of benzene rings is 1. The van der Waals surface area contributed by atoms with Crippen molar-refractivity contribution in [2.45, 2.75) is 31.7 Å².